The van der Waals surface area contributed by atoms with Crippen molar-refractivity contribution in [2.75, 3.05) is 70.9 Å². The predicted molar refractivity (Wildman–Crippen MR) is 117 cm³/mol. The van der Waals surface area contributed by atoms with E-state index in [1.807, 2.05) is 11.9 Å². The van der Waals surface area contributed by atoms with Crippen LogP contribution in [-0.2, 0) is 14.6 Å². The monoisotopic (exact) mass is 458 g/mol. The Morgan fingerprint density at radius 2 is 1.64 bits per heavy atom. The molecule has 0 spiro atoms. The summed E-state index contributed by atoms with van der Waals surface area (Å²) in [5.41, 5.74) is 0. The van der Waals surface area contributed by atoms with Crippen LogP contribution in [0.2, 0.25) is 0 Å². The highest BCUT2D eigenvalue weighted by molar-refractivity contribution is 7.91. The average Bonchev–Trinajstić information content (AvgIpc) is 3.01. The molecule has 166 valence electrons. The molecule has 1 N–H and O–H groups in total. The largest absolute Gasteiger partial charge is 0.339 e. The van der Waals surface area contributed by atoms with Gasteiger partial charge >= 0.3 is 0 Å². The summed E-state index contributed by atoms with van der Waals surface area (Å²) in [6.45, 7) is 6.74. The zero-order valence-electron chi connectivity index (χ0n) is 16.8. The lowest BCUT2D eigenvalue weighted by atomic mass is 9.93. The van der Waals surface area contributed by atoms with Crippen LogP contribution in [0.5, 0.6) is 0 Å². The fourth-order valence-corrected chi connectivity index (χ4v) is 6.23. The van der Waals surface area contributed by atoms with Gasteiger partial charge in [0.05, 0.1) is 18.1 Å². The van der Waals surface area contributed by atoms with Crippen molar-refractivity contribution in [3.05, 3.63) is 0 Å². The minimum atomic E-state index is -2.84. The summed E-state index contributed by atoms with van der Waals surface area (Å²) in [6.07, 6.45) is 4.37. The van der Waals surface area contributed by atoms with Crippen LogP contribution < -0.4 is 5.32 Å². The number of amides is 1. The Morgan fingerprint density at radius 3 is 2.18 bits per heavy atom. The maximum absolute atomic E-state index is 12.6. The van der Waals surface area contributed by atoms with Crippen molar-refractivity contribution in [2.45, 2.75) is 31.7 Å². The zero-order valence-corrected chi connectivity index (χ0v) is 19.3. The highest BCUT2D eigenvalue weighted by Crippen LogP contribution is 2.21. The summed E-state index contributed by atoms with van der Waals surface area (Å²) in [4.78, 5) is 19.1. The van der Waals surface area contributed by atoms with Gasteiger partial charge in [0.2, 0.25) is 5.91 Å². The van der Waals surface area contributed by atoms with Crippen LogP contribution in [0.3, 0.4) is 0 Å². The summed E-state index contributed by atoms with van der Waals surface area (Å²) < 4.78 is 23.3. The molecule has 1 unspecified atom stereocenters. The van der Waals surface area contributed by atoms with Crippen LogP contribution >= 0.6 is 24.8 Å². The van der Waals surface area contributed by atoms with Gasteiger partial charge in [-0.05, 0) is 58.3 Å². The number of nitrogens with zero attached hydrogens (tertiary/aromatic N) is 3. The van der Waals surface area contributed by atoms with E-state index >= 15 is 0 Å². The van der Waals surface area contributed by atoms with Crippen molar-refractivity contribution in [1.29, 1.82) is 0 Å². The smallest absolute Gasteiger partial charge is 0.236 e. The van der Waals surface area contributed by atoms with E-state index in [0.29, 0.717) is 18.1 Å². The van der Waals surface area contributed by atoms with E-state index in [-0.39, 0.29) is 36.8 Å². The van der Waals surface area contributed by atoms with Gasteiger partial charge in [-0.25, -0.2) is 8.42 Å². The SMILES string of the molecule is CNCCC1CCN(CC(=O)N2CCN(C3CCS(=O)(=O)C3)CC2)CC1.Cl.Cl. The van der Waals surface area contributed by atoms with E-state index in [1.54, 1.807) is 0 Å². The maximum atomic E-state index is 12.6. The molecule has 10 heteroatoms. The van der Waals surface area contributed by atoms with E-state index in [1.165, 1.54) is 19.3 Å². The number of rotatable bonds is 6. The molecule has 1 amide bonds. The number of hydrogen-bond donors (Lipinski definition) is 1. The summed E-state index contributed by atoms with van der Waals surface area (Å²) >= 11 is 0. The first-order valence-corrected chi connectivity index (χ1v) is 11.9. The molecule has 0 bridgehead atoms. The molecular formula is C18H36Cl2N4O3S. The van der Waals surface area contributed by atoms with Gasteiger partial charge in [0.15, 0.2) is 9.84 Å². The van der Waals surface area contributed by atoms with Crippen LogP contribution in [-0.4, -0.2) is 106 Å². The Morgan fingerprint density at radius 1 is 1.00 bits per heavy atom. The number of halogens is 2. The van der Waals surface area contributed by atoms with Crippen LogP contribution in [0, 0.1) is 5.92 Å². The quantitative estimate of drug-likeness (QED) is 0.623. The molecule has 0 saturated carbocycles. The Hall–Kier alpha value is -0.120. The maximum Gasteiger partial charge on any atom is 0.236 e. The van der Waals surface area contributed by atoms with Gasteiger partial charge in [-0.2, -0.15) is 0 Å². The average molecular weight is 459 g/mol. The lowest BCUT2D eigenvalue weighted by Crippen LogP contribution is -2.54. The van der Waals surface area contributed by atoms with Crippen molar-refractivity contribution in [1.82, 2.24) is 20.0 Å². The van der Waals surface area contributed by atoms with Crippen molar-refractivity contribution in [2.24, 2.45) is 5.92 Å². The molecule has 28 heavy (non-hydrogen) atoms. The molecule has 3 rings (SSSR count). The Kier molecular flexibility index (Phi) is 11.0. The van der Waals surface area contributed by atoms with Crippen LogP contribution in [0.25, 0.3) is 0 Å². The van der Waals surface area contributed by atoms with Gasteiger partial charge < -0.3 is 10.2 Å². The van der Waals surface area contributed by atoms with Gasteiger partial charge in [0, 0.05) is 32.2 Å². The molecule has 3 saturated heterocycles. The van der Waals surface area contributed by atoms with Crippen LogP contribution in [0.4, 0.5) is 0 Å². The van der Waals surface area contributed by atoms with Gasteiger partial charge in [-0.1, -0.05) is 0 Å². The van der Waals surface area contributed by atoms with Crippen LogP contribution in [0.15, 0.2) is 0 Å². The third kappa shape index (κ3) is 7.29. The topological polar surface area (TPSA) is 73.0 Å². The van der Waals surface area contributed by atoms with Crippen molar-refractivity contribution >= 4 is 40.6 Å². The molecule has 3 fully saturated rings. The lowest BCUT2D eigenvalue weighted by Gasteiger charge is -2.39. The first-order chi connectivity index (χ1) is 12.5. The minimum Gasteiger partial charge on any atom is -0.339 e. The summed E-state index contributed by atoms with van der Waals surface area (Å²) in [5.74, 6) is 1.64. The number of carbonyl (C=O) groups is 1. The second-order valence-corrected chi connectivity index (χ2v) is 10.3. The van der Waals surface area contributed by atoms with Crippen molar-refractivity contribution < 1.29 is 13.2 Å². The number of piperazine rings is 1. The Bertz CT molecular complexity index is 577. The lowest BCUT2D eigenvalue weighted by molar-refractivity contribution is -0.134. The minimum absolute atomic E-state index is 0. The predicted octanol–water partition coefficient (Wildman–Crippen LogP) is 0.483. The molecule has 0 aromatic carbocycles. The standard InChI is InChI=1S/C18H34N4O3S.2ClH/c1-19-6-2-16-3-7-20(8-4-16)14-18(23)22-11-9-21(10-12-22)17-5-13-26(24,25)15-17;;/h16-17,19H,2-15H2,1H3;2*1H. The fraction of sp³-hybridized carbons (Fsp3) is 0.944. The number of nitrogens with one attached hydrogen (secondary N) is 1. The van der Waals surface area contributed by atoms with E-state index in [2.05, 4.69) is 15.1 Å². The molecule has 3 heterocycles. The van der Waals surface area contributed by atoms with Gasteiger partial charge in [0.1, 0.15) is 0 Å². The Labute approximate surface area is 182 Å². The fourth-order valence-electron chi connectivity index (χ4n) is 4.47. The number of piperidine rings is 1. The van der Waals surface area contributed by atoms with E-state index < -0.39 is 9.84 Å². The van der Waals surface area contributed by atoms with Crippen molar-refractivity contribution in [3.8, 4) is 0 Å². The number of sulfone groups is 1. The highest BCUT2D eigenvalue weighted by atomic mass is 35.5. The molecular weight excluding hydrogens is 423 g/mol. The van der Waals surface area contributed by atoms with Crippen LogP contribution in [0.1, 0.15) is 25.7 Å². The second-order valence-electron chi connectivity index (χ2n) is 8.09. The first-order valence-electron chi connectivity index (χ1n) is 10.1. The third-order valence-corrected chi connectivity index (χ3v) is 8.01. The molecule has 0 aromatic rings. The Balaban J connectivity index is 0.00000196. The van der Waals surface area contributed by atoms with E-state index in [9.17, 15) is 13.2 Å². The summed E-state index contributed by atoms with van der Waals surface area (Å²) in [7, 11) is -0.838. The van der Waals surface area contributed by atoms with E-state index in [4.69, 9.17) is 0 Å². The molecule has 0 aromatic heterocycles. The molecule has 7 nitrogen and oxygen atoms in total. The molecule has 1 atom stereocenters. The molecule has 3 aliphatic rings. The third-order valence-electron chi connectivity index (χ3n) is 6.26. The zero-order chi connectivity index (χ0) is 18.6. The summed E-state index contributed by atoms with van der Waals surface area (Å²) in [6, 6.07) is 0.161. The molecule has 3 aliphatic heterocycles. The van der Waals surface area contributed by atoms with Crippen molar-refractivity contribution in [3.63, 3.8) is 0 Å². The second kappa shape index (κ2) is 11.9. The summed E-state index contributed by atoms with van der Waals surface area (Å²) in [5, 5.41) is 3.22. The van der Waals surface area contributed by atoms with Gasteiger partial charge in [-0.15, -0.1) is 24.8 Å². The molecule has 0 aliphatic carbocycles. The van der Waals surface area contributed by atoms with E-state index in [0.717, 1.165) is 58.2 Å². The normalized spacial score (nSPS) is 26.5. The number of hydrogen-bond acceptors (Lipinski definition) is 6. The molecule has 0 radical (unpaired) electrons. The highest BCUT2D eigenvalue weighted by Gasteiger charge is 2.34. The van der Waals surface area contributed by atoms with Gasteiger partial charge in [-0.3, -0.25) is 14.6 Å². The number of likely N-dealkylation sites (tertiary alicyclic amines) is 1. The number of carbonyl (C=O) groups excluding carboxylic acids is 1. The first kappa shape index (κ1) is 25.9. The van der Waals surface area contributed by atoms with Gasteiger partial charge in [0.25, 0.3) is 0 Å².